The largest absolute Gasteiger partial charge is 0.493 e. The molecule has 1 aromatic rings. The first-order valence-electron chi connectivity index (χ1n) is 7.61. The fraction of sp³-hybridized carbons (Fsp3) is 0.529. The van der Waals surface area contributed by atoms with Gasteiger partial charge in [-0.25, -0.2) is 0 Å². The van der Waals surface area contributed by atoms with Gasteiger partial charge in [0.05, 0.1) is 19.6 Å². The van der Waals surface area contributed by atoms with Crippen LogP contribution in [0.15, 0.2) is 18.2 Å². The highest BCUT2D eigenvalue weighted by molar-refractivity contribution is 5.80. The highest BCUT2D eigenvalue weighted by atomic mass is 16.5. The third kappa shape index (κ3) is 3.75. The molecule has 6 heteroatoms. The molecule has 1 saturated heterocycles. The average Bonchev–Trinajstić information content (AvgIpc) is 2.96. The summed E-state index contributed by atoms with van der Waals surface area (Å²) in [4.78, 5) is 25.2. The Morgan fingerprint density at radius 2 is 1.96 bits per heavy atom. The monoisotopic (exact) mass is 321 g/mol. The van der Waals surface area contributed by atoms with Gasteiger partial charge in [-0.3, -0.25) is 9.59 Å². The van der Waals surface area contributed by atoms with Crippen LogP contribution in [0.3, 0.4) is 0 Å². The molecule has 1 aliphatic heterocycles. The Morgan fingerprint density at radius 3 is 2.52 bits per heavy atom. The smallest absolute Gasteiger partial charge is 0.311 e. The summed E-state index contributed by atoms with van der Waals surface area (Å²) >= 11 is 0. The first kappa shape index (κ1) is 17.1. The van der Waals surface area contributed by atoms with E-state index in [0.29, 0.717) is 37.3 Å². The van der Waals surface area contributed by atoms with Crippen LogP contribution in [0, 0.1) is 5.41 Å². The molecule has 1 unspecified atom stereocenters. The van der Waals surface area contributed by atoms with E-state index in [-0.39, 0.29) is 12.5 Å². The van der Waals surface area contributed by atoms with Crippen LogP contribution in [-0.4, -0.2) is 49.2 Å². The van der Waals surface area contributed by atoms with Gasteiger partial charge in [-0.1, -0.05) is 6.07 Å². The summed E-state index contributed by atoms with van der Waals surface area (Å²) in [5.74, 6) is 0.439. The molecule has 1 aliphatic rings. The van der Waals surface area contributed by atoms with Gasteiger partial charge in [-0.15, -0.1) is 0 Å². The molecule has 23 heavy (non-hydrogen) atoms. The van der Waals surface area contributed by atoms with Gasteiger partial charge in [-0.05, 0) is 37.5 Å². The maximum Gasteiger partial charge on any atom is 0.311 e. The quantitative estimate of drug-likeness (QED) is 0.867. The number of aryl methyl sites for hydroxylation is 1. The minimum absolute atomic E-state index is 0.00948. The van der Waals surface area contributed by atoms with Crippen molar-refractivity contribution in [3.63, 3.8) is 0 Å². The van der Waals surface area contributed by atoms with Crippen LogP contribution < -0.4 is 9.47 Å². The Balaban J connectivity index is 1.94. The van der Waals surface area contributed by atoms with Crippen molar-refractivity contribution in [2.75, 3.05) is 27.3 Å². The molecule has 1 atom stereocenters. The van der Waals surface area contributed by atoms with Crippen LogP contribution in [0.1, 0.15) is 25.3 Å². The van der Waals surface area contributed by atoms with Gasteiger partial charge in [0.1, 0.15) is 0 Å². The van der Waals surface area contributed by atoms with Gasteiger partial charge in [0.25, 0.3) is 0 Å². The van der Waals surface area contributed by atoms with Crippen molar-refractivity contribution in [3.05, 3.63) is 23.8 Å². The van der Waals surface area contributed by atoms with Crippen LogP contribution in [0.4, 0.5) is 0 Å². The third-order valence-corrected chi connectivity index (χ3v) is 4.42. The van der Waals surface area contributed by atoms with Crippen molar-refractivity contribution < 1.29 is 24.2 Å². The van der Waals surface area contributed by atoms with Crippen LogP contribution >= 0.6 is 0 Å². The van der Waals surface area contributed by atoms with Crippen LogP contribution in [-0.2, 0) is 16.0 Å². The Hall–Kier alpha value is -2.24. The lowest BCUT2D eigenvalue weighted by Crippen LogP contribution is -2.34. The number of carboxylic acids is 1. The first-order chi connectivity index (χ1) is 10.9. The lowest BCUT2D eigenvalue weighted by molar-refractivity contribution is -0.147. The molecule has 0 saturated carbocycles. The molecule has 0 radical (unpaired) electrons. The maximum absolute atomic E-state index is 12.3. The van der Waals surface area contributed by atoms with Gasteiger partial charge in [0, 0.05) is 19.5 Å². The number of carbonyl (C=O) groups is 2. The molecular weight excluding hydrogens is 298 g/mol. The second kappa shape index (κ2) is 6.89. The number of rotatable bonds is 6. The Kier molecular flexibility index (Phi) is 5.13. The van der Waals surface area contributed by atoms with Gasteiger partial charge >= 0.3 is 5.97 Å². The second-order valence-corrected chi connectivity index (χ2v) is 6.12. The summed E-state index contributed by atoms with van der Waals surface area (Å²) < 4.78 is 10.4. The number of carboxylic acid groups (broad SMARTS) is 1. The summed E-state index contributed by atoms with van der Waals surface area (Å²) in [5, 5.41) is 9.22. The zero-order chi connectivity index (χ0) is 17.0. The topological polar surface area (TPSA) is 76.1 Å². The van der Waals surface area contributed by atoms with E-state index in [1.807, 2.05) is 18.2 Å². The van der Waals surface area contributed by atoms with E-state index in [1.165, 1.54) is 0 Å². The molecule has 1 aromatic carbocycles. The number of nitrogens with zero attached hydrogens (tertiary/aromatic N) is 1. The van der Waals surface area contributed by atoms with Crippen LogP contribution in [0.5, 0.6) is 11.5 Å². The number of amides is 1. The van der Waals surface area contributed by atoms with Crippen molar-refractivity contribution >= 4 is 11.9 Å². The highest BCUT2D eigenvalue weighted by Gasteiger charge is 2.41. The molecule has 6 nitrogen and oxygen atoms in total. The highest BCUT2D eigenvalue weighted by Crippen LogP contribution is 2.31. The lowest BCUT2D eigenvalue weighted by Gasteiger charge is -2.20. The number of aliphatic carboxylic acids is 1. The summed E-state index contributed by atoms with van der Waals surface area (Å²) in [7, 11) is 3.15. The molecule has 0 spiro atoms. The Morgan fingerprint density at radius 1 is 1.26 bits per heavy atom. The van der Waals surface area contributed by atoms with Crippen molar-refractivity contribution in [2.24, 2.45) is 5.41 Å². The second-order valence-electron chi connectivity index (χ2n) is 6.12. The third-order valence-electron chi connectivity index (χ3n) is 4.42. The van der Waals surface area contributed by atoms with E-state index in [0.717, 1.165) is 5.56 Å². The maximum atomic E-state index is 12.3. The molecule has 0 aromatic heterocycles. The molecule has 0 bridgehead atoms. The van der Waals surface area contributed by atoms with Crippen molar-refractivity contribution in [3.8, 4) is 11.5 Å². The fourth-order valence-corrected chi connectivity index (χ4v) is 2.79. The number of carbonyl (C=O) groups excluding carboxylic acids is 1. The fourth-order valence-electron chi connectivity index (χ4n) is 2.79. The summed E-state index contributed by atoms with van der Waals surface area (Å²) in [5.41, 5.74) is 0.162. The summed E-state index contributed by atoms with van der Waals surface area (Å²) in [6, 6.07) is 5.58. The predicted octanol–water partition coefficient (Wildman–Crippen LogP) is 1.96. The predicted molar refractivity (Wildman–Crippen MR) is 84.8 cm³/mol. The molecular formula is C17H23NO5. The number of benzene rings is 1. The van der Waals surface area contributed by atoms with Crippen LogP contribution in [0.2, 0.25) is 0 Å². The van der Waals surface area contributed by atoms with Crippen molar-refractivity contribution in [2.45, 2.75) is 26.2 Å². The number of ether oxygens (including phenoxy) is 2. The van der Waals surface area contributed by atoms with Gasteiger partial charge in [-0.2, -0.15) is 0 Å². The number of hydrogen-bond acceptors (Lipinski definition) is 4. The molecule has 1 amide bonds. The normalized spacial score (nSPS) is 20.4. The summed E-state index contributed by atoms with van der Waals surface area (Å²) in [6.45, 7) is 2.48. The molecule has 1 N–H and O–H groups in total. The standard InChI is InChI=1S/C17H23NO5/c1-17(16(20)21)8-9-18(11-17)15(19)7-5-12-4-6-13(22-2)14(10-12)23-3/h4,6,10H,5,7-9,11H2,1-3H3,(H,20,21). The van der Waals surface area contributed by atoms with Gasteiger partial charge in [0.15, 0.2) is 11.5 Å². The number of hydrogen-bond donors (Lipinski definition) is 1. The number of likely N-dealkylation sites (tertiary alicyclic amines) is 1. The van der Waals surface area contributed by atoms with E-state index in [1.54, 1.807) is 26.0 Å². The first-order valence-corrected chi connectivity index (χ1v) is 7.61. The van der Waals surface area contributed by atoms with Crippen molar-refractivity contribution in [1.82, 2.24) is 4.90 Å². The Bertz CT molecular complexity index is 601. The SMILES string of the molecule is COc1ccc(CCC(=O)N2CCC(C)(C(=O)O)C2)cc1OC. The van der Waals surface area contributed by atoms with E-state index in [9.17, 15) is 14.7 Å². The van der Waals surface area contributed by atoms with Gasteiger partial charge < -0.3 is 19.5 Å². The zero-order valence-corrected chi connectivity index (χ0v) is 13.8. The molecule has 2 rings (SSSR count). The molecule has 0 aliphatic carbocycles. The van der Waals surface area contributed by atoms with E-state index in [2.05, 4.69) is 0 Å². The minimum Gasteiger partial charge on any atom is -0.493 e. The zero-order valence-electron chi connectivity index (χ0n) is 13.8. The van der Waals surface area contributed by atoms with Gasteiger partial charge in [0.2, 0.25) is 5.91 Å². The number of methoxy groups -OCH3 is 2. The van der Waals surface area contributed by atoms with E-state index < -0.39 is 11.4 Å². The average molecular weight is 321 g/mol. The molecule has 126 valence electrons. The van der Waals surface area contributed by atoms with E-state index >= 15 is 0 Å². The van der Waals surface area contributed by atoms with Crippen LogP contribution in [0.25, 0.3) is 0 Å². The Labute approximate surface area is 136 Å². The van der Waals surface area contributed by atoms with Crippen molar-refractivity contribution in [1.29, 1.82) is 0 Å². The molecule has 1 heterocycles. The molecule has 1 fully saturated rings. The minimum atomic E-state index is -0.840. The van der Waals surface area contributed by atoms with E-state index in [4.69, 9.17) is 9.47 Å². The summed E-state index contributed by atoms with van der Waals surface area (Å²) in [6.07, 6.45) is 1.44. The lowest BCUT2D eigenvalue weighted by atomic mass is 9.90.